The number of hydrogen-bond donors (Lipinski definition) is 2. The number of urea groups is 1. The average Bonchev–Trinajstić information content (AvgIpc) is 2.67. The van der Waals surface area contributed by atoms with Crippen molar-refractivity contribution in [1.29, 1.82) is 0 Å². The maximum atomic E-state index is 12.4. The van der Waals surface area contributed by atoms with Gasteiger partial charge >= 0.3 is 6.03 Å². The Bertz CT molecular complexity index is 919. The van der Waals surface area contributed by atoms with Gasteiger partial charge in [-0.15, -0.1) is 0 Å². The van der Waals surface area contributed by atoms with Crippen molar-refractivity contribution >= 4 is 22.5 Å². The fraction of sp³-hybridized carbons (Fsp3) is 0.190. The molecule has 1 unspecified atom stereocenters. The Kier molecular flexibility index (Phi) is 5.27. The predicted octanol–water partition coefficient (Wildman–Crippen LogP) is 4.74. The number of hydrogen-bond acceptors (Lipinski definition) is 3. The summed E-state index contributed by atoms with van der Waals surface area (Å²) in [5.41, 5.74) is 1.70. The van der Waals surface area contributed by atoms with Crippen LogP contribution in [0, 0.1) is 0 Å². The lowest BCUT2D eigenvalue weighted by atomic mass is 10.00. The molecule has 0 saturated heterocycles. The third-order valence-electron chi connectivity index (χ3n) is 4.28. The van der Waals surface area contributed by atoms with Crippen LogP contribution in [-0.2, 0) is 0 Å². The zero-order chi connectivity index (χ0) is 18.5. The summed E-state index contributed by atoms with van der Waals surface area (Å²) in [6.45, 7) is 1.97. The van der Waals surface area contributed by atoms with Crippen LogP contribution in [0.4, 0.5) is 10.5 Å². The molecule has 5 heteroatoms. The summed E-state index contributed by atoms with van der Waals surface area (Å²) < 4.78 is 10.5. The lowest BCUT2D eigenvalue weighted by Crippen LogP contribution is -2.31. The first-order chi connectivity index (χ1) is 12.6. The van der Waals surface area contributed by atoms with Crippen molar-refractivity contribution < 1.29 is 14.3 Å². The molecule has 3 aromatic rings. The van der Waals surface area contributed by atoms with E-state index in [1.165, 1.54) is 0 Å². The second-order valence-electron chi connectivity index (χ2n) is 5.96. The van der Waals surface area contributed by atoms with Crippen LogP contribution in [0.3, 0.4) is 0 Å². The first kappa shape index (κ1) is 17.6. The Labute approximate surface area is 152 Å². The second-order valence-corrected chi connectivity index (χ2v) is 5.96. The monoisotopic (exact) mass is 350 g/mol. The van der Waals surface area contributed by atoms with Crippen LogP contribution >= 0.6 is 0 Å². The van der Waals surface area contributed by atoms with E-state index in [4.69, 9.17) is 9.47 Å². The van der Waals surface area contributed by atoms with Crippen LogP contribution < -0.4 is 20.1 Å². The number of methoxy groups -OCH3 is 2. The van der Waals surface area contributed by atoms with Gasteiger partial charge in [0.1, 0.15) is 0 Å². The standard InChI is InChI=1S/C21H22N2O3/c1-14(17-10-6-8-15-7-4-5-9-18(15)17)22-21(24)23-16-11-12-19(25-2)20(13-16)26-3/h4-14H,1-3H3,(H2,22,23,24). The average molecular weight is 350 g/mol. The lowest BCUT2D eigenvalue weighted by molar-refractivity contribution is 0.249. The van der Waals surface area contributed by atoms with Gasteiger partial charge in [0.2, 0.25) is 0 Å². The molecule has 134 valence electrons. The topological polar surface area (TPSA) is 59.6 Å². The van der Waals surface area contributed by atoms with Gasteiger partial charge in [0, 0.05) is 11.8 Å². The molecular weight excluding hydrogens is 328 g/mol. The van der Waals surface area contributed by atoms with Gasteiger partial charge < -0.3 is 20.1 Å². The molecule has 0 bridgehead atoms. The predicted molar refractivity (Wildman–Crippen MR) is 104 cm³/mol. The smallest absolute Gasteiger partial charge is 0.319 e. The number of carbonyl (C=O) groups excluding carboxylic acids is 1. The van der Waals surface area contributed by atoms with Crippen LogP contribution in [0.25, 0.3) is 10.8 Å². The molecule has 3 rings (SSSR count). The zero-order valence-electron chi connectivity index (χ0n) is 15.1. The van der Waals surface area contributed by atoms with Crippen molar-refractivity contribution in [2.75, 3.05) is 19.5 Å². The minimum Gasteiger partial charge on any atom is -0.493 e. The molecule has 0 heterocycles. The van der Waals surface area contributed by atoms with Crippen LogP contribution in [-0.4, -0.2) is 20.3 Å². The van der Waals surface area contributed by atoms with E-state index in [0.29, 0.717) is 17.2 Å². The highest BCUT2D eigenvalue weighted by Gasteiger charge is 2.13. The van der Waals surface area contributed by atoms with Crippen molar-refractivity contribution in [3.05, 3.63) is 66.2 Å². The molecule has 0 spiro atoms. The number of nitrogens with one attached hydrogen (secondary N) is 2. The van der Waals surface area contributed by atoms with Crippen molar-refractivity contribution in [3.8, 4) is 11.5 Å². The van der Waals surface area contributed by atoms with Crippen LogP contribution in [0.2, 0.25) is 0 Å². The van der Waals surface area contributed by atoms with E-state index in [-0.39, 0.29) is 12.1 Å². The highest BCUT2D eigenvalue weighted by atomic mass is 16.5. The van der Waals surface area contributed by atoms with E-state index in [1.54, 1.807) is 32.4 Å². The van der Waals surface area contributed by atoms with Gasteiger partial charge in [0.05, 0.1) is 20.3 Å². The highest BCUT2D eigenvalue weighted by Crippen LogP contribution is 2.30. The molecule has 0 saturated carbocycles. The first-order valence-corrected chi connectivity index (χ1v) is 8.39. The number of anilines is 1. The Balaban J connectivity index is 1.73. The SMILES string of the molecule is COc1ccc(NC(=O)NC(C)c2cccc3ccccc23)cc1OC. The lowest BCUT2D eigenvalue weighted by Gasteiger charge is -2.17. The van der Waals surface area contributed by atoms with E-state index in [2.05, 4.69) is 28.8 Å². The Morgan fingerprint density at radius 3 is 2.42 bits per heavy atom. The zero-order valence-corrected chi connectivity index (χ0v) is 15.1. The van der Waals surface area contributed by atoms with Gasteiger partial charge in [-0.25, -0.2) is 4.79 Å². The van der Waals surface area contributed by atoms with Crippen LogP contribution in [0.1, 0.15) is 18.5 Å². The first-order valence-electron chi connectivity index (χ1n) is 8.39. The van der Waals surface area contributed by atoms with Gasteiger partial charge in [0.25, 0.3) is 0 Å². The second kappa shape index (κ2) is 7.78. The molecule has 0 fully saturated rings. The van der Waals surface area contributed by atoms with E-state index >= 15 is 0 Å². The van der Waals surface area contributed by atoms with E-state index < -0.39 is 0 Å². The number of carbonyl (C=O) groups is 1. The molecule has 5 nitrogen and oxygen atoms in total. The largest absolute Gasteiger partial charge is 0.493 e. The van der Waals surface area contributed by atoms with Crippen molar-refractivity contribution in [2.24, 2.45) is 0 Å². The van der Waals surface area contributed by atoms with Gasteiger partial charge in [-0.2, -0.15) is 0 Å². The van der Waals surface area contributed by atoms with Crippen LogP contribution in [0.15, 0.2) is 60.7 Å². The third kappa shape index (κ3) is 3.72. The maximum Gasteiger partial charge on any atom is 0.319 e. The van der Waals surface area contributed by atoms with Crippen LogP contribution in [0.5, 0.6) is 11.5 Å². The summed E-state index contributed by atoms with van der Waals surface area (Å²) in [4.78, 5) is 12.4. The van der Waals surface area contributed by atoms with Crippen molar-refractivity contribution in [2.45, 2.75) is 13.0 Å². The molecule has 2 amide bonds. The van der Waals surface area contributed by atoms with Gasteiger partial charge in [-0.1, -0.05) is 42.5 Å². The third-order valence-corrected chi connectivity index (χ3v) is 4.28. The van der Waals surface area contributed by atoms with Crippen molar-refractivity contribution in [1.82, 2.24) is 5.32 Å². The van der Waals surface area contributed by atoms with Gasteiger partial charge in [-0.3, -0.25) is 0 Å². The summed E-state index contributed by atoms with van der Waals surface area (Å²) in [6, 6.07) is 19.1. The molecule has 0 aliphatic carbocycles. The van der Waals surface area contributed by atoms with Crippen molar-refractivity contribution in [3.63, 3.8) is 0 Å². The molecule has 3 aromatic carbocycles. The normalized spacial score (nSPS) is 11.7. The summed E-state index contributed by atoms with van der Waals surface area (Å²) in [6.07, 6.45) is 0. The van der Waals surface area contributed by atoms with E-state index in [1.807, 2.05) is 31.2 Å². The van der Waals surface area contributed by atoms with Gasteiger partial charge in [0.15, 0.2) is 11.5 Å². The fourth-order valence-electron chi connectivity index (χ4n) is 2.98. The minimum absolute atomic E-state index is 0.138. The molecule has 0 aliphatic heterocycles. The minimum atomic E-state index is -0.280. The number of rotatable bonds is 5. The quantitative estimate of drug-likeness (QED) is 0.699. The maximum absolute atomic E-state index is 12.4. The van der Waals surface area contributed by atoms with E-state index in [9.17, 15) is 4.79 Å². The summed E-state index contributed by atoms with van der Waals surface area (Å²) in [5.74, 6) is 1.18. The molecule has 0 aliphatic rings. The summed E-state index contributed by atoms with van der Waals surface area (Å²) in [5, 5.41) is 8.10. The fourth-order valence-corrected chi connectivity index (χ4v) is 2.98. The molecule has 2 N–H and O–H groups in total. The number of fused-ring (bicyclic) bond motifs is 1. The molecule has 0 radical (unpaired) electrons. The number of amides is 2. The summed E-state index contributed by atoms with van der Waals surface area (Å²) in [7, 11) is 3.13. The Morgan fingerprint density at radius 2 is 1.65 bits per heavy atom. The Morgan fingerprint density at radius 1 is 0.923 bits per heavy atom. The molecular formula is C21H22N2O3. The summed E-state index contributed by atoms with van der Waals surface area (Å²) >= 11 is 0. The highest BCUT2D eigenvalue weighted by molar-refractivity contribution is 5.91. The number of ether oxygens (including phenoxy) is 2. The molecule has 0 aromatic heterocycles. The molecule has 1 atom stereocenters. The van der Waals surface area contributed by atoms with Gasteiger partial charge in [-0.05, 0) is 35.4 Å². The van der Waals surface area contributed by atoms with E-state index in [0.717, 1.165) is 16.3 Å². The Hall–Kier alpha value is -3.21. The molecule has 26 heavy (non-hydrogen) atoms. The number of benzene rings is 3.